The highest BCUT2D eigenvalue weighted by molar-refractivity contribution is 9.10. The van der Waals surface area contributed by atoms with Gasteiger partial charge < -0.3 is 19.9 Å². The minimum atomic E-state index is -0.539. The Labute approximate surface area is 152 Å². The molecule has 0 aliphatic rings. The largest absolute Gasteiger partial charge is 0.494 e. The SMILES string of the molecule is CCC(CO)(CCOc1ccc(Br)cc1)CNC(=O)OC(C)(C)C. The molecule has 1 unspecified atom stereocenters. The molecular formula is C18H28BrNO4. The lowest BCUT2D eigenvalue weighted by Crippen LogP contribution is -2.42. The van der Waals surface area contributed by atoms with Gasteiger partial charge in [-0.15, -0.1) is 0 Å². The first-order valence-electron chi connectivity index (χ1n) is 8.16. The third-order valence-corrected chi connectivity index (χ3v) is 4.34. The van der Waals surface area contributed by atoms with Crippen LogP contribution in [0.2, 0.25) is 0 Å². The number of nitrogens with one attached hydrogen (secondary N) is 1. The van der Waals surface area contributed by atoms with E-state index in [0.717, 1.165) is 16.6 Å². The number of halogens is 1. The fourth-order valence-corrected chi connectivity index (χ4v) is 2.39. The molecule has 1 rings (SSSR count). The molecule has 6 heteroatoms. The molecule has 0 saturated carbocycles. The molecule has 0 spiro atoms. The predicted octanol–water partition coefficient (Wildman–Crippen LogP) is 4.13. The monoisotopic (exact) mass is 401 g/mol. The predicted molar refractivity (Wildman–Crippen MR) is 98.3 cm³/mol. The summed E-state index contributed by atoms with van der Waals surface area (Å²) >= 11 is 3.38. The Hall–Kier alpha value is -1.27. The molecule has 0 fully saturated rings. The van der Waals surface area contributed by atoms with Gasteiger partial charge in [0.1, 0.15) is 11.4 Å². The lowest BCUT2D eigenvalue weighted by atomic mass is 9.83. The molecule has 0 aliphatic carbocycles. The van der Waals surface area contributed by atoms with Crippen LogP contribution in [0, 0.1) is 5.41 Å². The van der Waals surface area contributed by atoms with E-state index < -0.39 is 17.1 Å². The number of aliphatic hydroxyl groups excluding tert-OH is 1. The van der Waals surface area contributed by atoms with E-state index in [9.17, 15) is 9.90 Å². The van der Waals surface area contributed by atoms with Crippen molar-refractivity contribution >= 4 is 22.0 Å². The first-order chi connectivity index (χ1) is 11.2. The van der Waals surface area contributed by atoms with Gasteiger partial charge in [0.05, 0.1) is 13.2 Å². The van der Waals surface area contributed by atoms with Crippen molar-refractivity contribution in [3.05, 3.63) is 28.7 Å². The molecule has 2 N–H and O–H groups in total. The van der Waals surface area contributed by atoms with E-state index in [1.165, 1.54) is 0 Å². The zero-order valence-electron chi connectivity index (χ0n) is 14.9. The molecule has 136 valence electrons. The van der Waals surface area contributed by atoms with Gasteiger partial charge in [-0.2, -0.15) is 0 Å². The number of carbonyl (C=O) groups excluding carboxylic acids is 1. The van der Waals surface area contributed by atoms with E-state index in [1.807, 2.05) is 52.0 Å². The Bertz CT molecular complexity index is 507. The summed E-state index contributed by atoms with van der Waals surface area (Å²) in [4.78, 5) is 11.8. The van der Waals surface area contributed by atoms with Gasteiger partial charge in [0.25, 0.3) is 0 Å². The summed E-state index contributed by atoms with van der Waals surface area (Å²) in [6.07, 6.45) is 0.886. The lowest BCUT2D eigenvalue weighted by Gasteiger charge is -2.31. The van der Waals surface area contributed by atoms with Crippen molar-refractivity contribution in [1.29, 1.82) is 0 Å². The second-order valence-corrected chi connectivity index (χ2v) is 7.84. The zero-order chi connectivity index (χ0) is 18.2. The number of aliphatic hydroxyl groups is 1. The van der Waals surface area contributed by atoms with Gasteiger partial charge in [-0.05, 0) is 57.9 Å². The van der Waals surface area contributed by atoms with Crippen LogP contribution in [-0.2, 0) is 4.74 Å². The first-order valence-corrected chi connectivity index (χ1v) is 8.95. The van der Waals surface area contributed by atoms with Crippen LogP contribution in [0.4, 0.5) is 4.79 Å². The molecule has 1 aromatic rings. The van der Waals surface area contributed by atoms with Gasteiger partial charge >= 0.3 is 6.09 Å². The lowest BCUT2D eigenvalue weighted by molar-refractivity contribution is 0.0431. The number of carbonyl (C=O) groups is 1. The number of hydrogen-bond acceptors (Lipinski definition) is 4. The van der Waals surface area contributed by atoms with Crippen molar-refractivity contribution < 1.29 is 19.4 Å². The van der Waals surface area contributed by atoms with Crippen molar-refractivity contribution in [1.82, 2.24) is 5.32 Å². The minimum Gasteiger partial charge on any atom is -0.494 e. The van der Waals surface area contributed by atoms with Crippen LogP contribution in [0.5, 0.6) is 5.75 Å². The van der Waals surface area contributed by atoms with Gasteiger partial charge in [-0.25, -0.2) is 4.79 Å². The fraction of sp³-hybridized carbons (Fsp3) is 0.611. The van der Waals surface area contributed by atoms with Gasteiger partial charge in [0.2, 0.25) is 0 Å². The molecule has 0 radical (unpaired) electrons. The van der Waals surface area contributed by atoms with Crippen LogP contribution in [0.1, 0.15) is 40.5 Å². The third-order valence-electron chi connectivity index (χ3n) is 3.81. The number of amides is 1. The van der Waals surface area contributed by atoms with Crippen LogP contribution in [0.25, 0.3) is 0 Å². The maximum absolute atomic E-state index is 11.8. The summed E-state index contributed by atoms with van der Waals surface area (Å²) in [7, 11) is 0. The third kappa shape index (κ3) is 7.53. The number of hydrogen-bond donors (Lipinski definition) is 2. The van der Waals surface area contributed by atoms with Gasteiger partial charge in [0, 0.05) is 16.4 Å². The molecule has 24 heavy (non-hydrogen) atoms. The normalized spacial score (nSPS) is 13.9. The van der Waals surface area contributed by atoms with Crippen LogP contribution in [0.3, 0.4) is 0 Å². The highest BCUT2D eigenvalue weighted by atomic mass is 79.9. The number of alkyl carbamates (subject to hydrolysis) is 1. The molecule has 1 atom stereocenters. The van der Waals surface area contributed by atoms with Crippen molar-refractivity contribution in [2.45, 2.75) is 46.1 Å². The standard InChI is InChI=1S/C18H28BrNO4/c1-5-18(13-21,12-20-16(22)24-17(2,3)4)10-11-23-15-8-6-14(19)7-9-15/h6-9,21H,5,10-13H2,1-4H3,(H,20,22). The molecule has 1 amide bonds. The average Bonchev–Trinajstić information content (AvgIpc) is 2.51. The zero-order valence-corrected chi connectivity index (χ0v) is 16.5. The maximum Gasteiger partial charge on any atom is 0.407 e. The second-order valence-electron chi connectivity index (χ2n) is 6.92. The Morgan fingerprint density at radius 2 is 1.88 bits per heavy atom. The highest BCUT2D eigenvalue weighted by Gasteiger charge is 2.29. The van der Waals surface area contributed by atoms with E-state index in [2.05, 4.69) is 21.2 Å². The number of ether oxygens (including phenoxy) is 2. The van der Waals surface area contributed by atoms with E-state index in [1.54, 1.807) is 0 Å². The second kappa shape index (κ2) is 9.28. The van der Waals surface area contributed by atoms with Crippen molar-refractivity contribution in [2.75, 3.05) is 19.8 Å². The Morgan fingerprint density at radius 3 is 2.38 bits per heavy atom. The van der Waals surface area contributed by atoms with Crippen LogP contribution in [-0.4, -0.2) is 36.6 Å². The van der Waals surface area contributed by atoms with Crippen molar-refractivity contribution in [3.8, 4) is 5.75 Å². The molecule has 0 aliphatic heterocycles. The summed E-state index contributed by atoms with van der Waals surface area (Å²) < 4.78 is 12.0. The fourth-order valence-electron chi connectivity index (χ4n) is 2.13. The smallest absolute Gasteiger partial charge is 0.407 e. The van der Waals surface area contributed by atoms with Gasteiger partial charge in [0.15, 0.2) is 0 Å². The Balaban J connectivity index is 2.51. The summed E-state index contributed by atoms with van der Waals surface area (Å²) in [5, 5.41) is 12.6. The van der Waals surface area contributed by atoms with Crippen LogP contribution >= 0.6 is 15.9 Å². The molecule has 0 heterocycles. The topological polar surface area (TPSA) is 67.8 Å². The molecule has 1 aromatic carbocycles. The summed E-state index contributed by atoms with van der Waals surface area (Å²) in [6, 6.07) is 7.60. The highest BCUT2D eigenvalue weighted by Crippen LogP contribution is 2.26. The van der Waals surface area contributed by atoms with Crippen molar-refractivity contribution in [3.63, 3.8) is 0 Å². The molecule has 5 nitrogen and oxygen atoms in total. The Kier molecular flexibility index (Phi) is 8.03. The number of rotatable bonds is 8. The minimum absolute atomic E-state index is 0.0248. The Morgan fingerprint density at radius 1 is 1.25 bits per heavy atom. The maximum atomic E-state index is 11.8. The van der Waals surface area contributed by atoms with Gasteiger partial charge in [-0.1, -0.05) is 22.9 Å². The average molecular weight is 402 g/mol. The van der Waals surface area contributed by atoms with Crippen molar-refractivity contribution in [2.24, 2.45) is 5.41 Å². The first kappa shape index (κ1) is 20.8. The van der Waals surface area contributed by atoms with Gasteiger partial charge in [-0.3, -0.25) is 0 Å². The van der Waals surface area contributed by atoms with Crippen LogP contribution < -0.4 is 10.1 Å². The summed E-state index contributed by atoms with van der Waals surface area (Å²) in [6.45, 7) is 8.23. The molecule has 0 bridgehead atoms. The van der Waals surface area contributed by atoms with E-state index in [0.29, 0.717) is 19.6 Å². The summed E-state index contributed by atoms with van der Waals surface area (Å²) in [5.74, 6) is 0.779. The van der Waals surface area contributed by atoms with E-state index in [-0.39, 0.29) is 6.61 Å². The van der Waals surface area contributed by atoms with E-state index in [4.69, 9.17) is 9.47 Å². The number of benzene rings is 1. The quantitative estimate of drug-likeness (QED) is 0.686. The van der Waals surface area contributed by atoms with E-state index >= 15 is 0 Å². The molecular weight excluding hydrogens is 374 g/mol. The van der Waals surface area contributed by atoms with Crippen LogP contribution in [0.15, 0.2) is 28.7 Å². The summed E-state index contributed by atoms with van der Waals surface area (Å²) in [5.41, 5.74) is -0.963. The molecule has 0 aromatic heterocycles. The molecule has 0 saturated heterocycles.